The van der Waals surface area contributed by atoms with Crippen molar-refractivity contribution >= 4 is 5.84 Å². The van der Waals surface area contributed by atoms with Crippen LogP contribution in [0.15, 0.2) is 48.5 Å². The monoisotopic (exact) mass is 242 g/mol. The number of hydrogen-bond acceptors (Lipinski definition) is 3. The van der Waals surface area contributed by atoms with Gasteiger partial charge in [-0.05, 0) is 48.5 Å². The Morgan fingerprint density at radius 2 is 1.33 bits per heavy atom. The minimum absolute atomic E-state index is 0.0472. The van der Waals surface area contributed by atoms with Crippen LogP contribution in [0.25, 0.3) is 0 Å². The maximum Gasteiger partial charge on any atom is 0.127 e. The van der Waals surface area contributed by atoms with Gasteiger partial charge in [0.2, 0.25) is 0 Å². The second-order valence-electron chi connectivity index (χ2n) is 3.72. The van der Waals surface area contributed by atoms with Crippen molar-refractivity contribution in [2.75, 3.05) is 7.11 Å². The number of hydrogen-bond donors (Lipinski definition) is 2. The predicted molar refractivity (Wildman–Crippen MR) is 70.5 cm³/mol. The first-order valence-corrected chi connectivity index (χ1v) is 5.45. The lowest BCUT2D eigenvalue weighted by molar-refractivity contribution is 0.413. The van der Waals surface area contributed by atoms with E-state index in [1.807, 2.05) is 24.3 Å². The molecule has 0 unspecified atom stereocenters. The molecular formula is C14H14N2O2. The van der Waals surface area contributed by atoms with E-state index in [0.717, 1.165) is 11.5 Å². The molecule has 0 saturated heterocycles. The average Bonchev–Trinajstić information content (AvgIpc) is 2.40. The van der Waals surface area contributed by atoms with Gasteiger partial charge in [-0.15, -0.1) is 0 Å². The molecule has 4 heteroatoms. The van der Waals surface area contributed by atoms with E-state index in [9.17, 15) is 0 Å². The van der Waals surface area contributed by atoms with Crippen molar-refractivity contribution in [2.24, 2.45) is 5.73 Å². The van der Waals surface area contributed by atoms with Crippen molar-refractivity contribution in [1.29, 1.82) is 5.41 Å². The third-order valence-corrected chi connectivity index (χ3v) is 2.46. The molecule has 2 rings (SSSR count). The molecule has 4 nitrogen and oxygen atoms in total. The Bertz CT molecular complexity index is 533. The molecule has 0 aromatic heterocycles. The molecule has 0 bridgehead atoms. The average molecular weight is 242 g/mol. The fraction of sp³-hybridized carbons (Fsp3) is 0.0714. The highest BCUT2D eigenvalue weighted by atomic mass is 16.5. The smallest absolute Gasteiger partial charge is 0.127 e. The highest BCUT2D eigenvalue weighted by Crippen LogP contribution is 2.23. The lowest BCUT2D eigenvalue weighted by Gasteiger charge is -2.07. The summed E-state index contributed by atoms with van der Waals surface area (Å²) < 4.78 is 10.7. The Kier molecular flexibility index (Phi) is 3.48. The van der Waals surface area contributed by atoms with Gasteiger partial charge in [0, 0.05) is 5.56 Å². The summed E-state index contributed by atoms with van der Waals surface area (Å²) in [4.78, 5) is 0. The third kappa shape index (κ3) is 2.79. The van der Waals surface area contributed by atoms with Crippen LogP contribution in [-0.2, 0) is 0 Å². The molecule has 3 N–H and O–H groups in total. The molecule has 0 fully saturated rings. The first-order valence-electron chi connectivity index (χ1n) is 5.45. The Morgan fingerprint density at radius 3 is 1.78 bits per heavy atom. The molecule has 18 heavy (non-hydrogen) atoms. The van der Waals surface area contributed by atoms with Gasteiger partial charge < -0.3 is 15.2 Å². The molecule has 0 heterocycles. The molecule has 0 aliphatic carbocycles. The van der Waals surface area contributed by atoms with Crippen LogP contribution in [0, 0.1) is 5.41 Å². The standard InChI is InChI=1S/C14H14N2O2/c1-17-11-6-8-13(9-7-11)18-12-4-2-10(3-5-12)14(15)16/h2-9H,1H3,(H3,15,16). The molecule has 2 aromatic carbocycles. The van der Waals surface area contributed by atoms with Gasteiger partial charge in [0.15, 0.2) is 0 Å². The second-order valence-corrected chi connectivity index (χ2v) is 3.72. The van der Waals surface area contributed by atoms with Crippen LogP contribution < -0.4 is 15.2 Å². The highest BCUT2D eigenvalue weighted by molar-refractivity contribution is 5.94. The van der Waals surface area contributed by atoms with Gasteiger partial charge in [-0.25, -0.2) is 0 Å². The summed E-state index contributed by atoms with van der Waals surface area (Å²) in [5, 5.41) is 7.29. The van der Waals surface area contributed by atoms with E-state index in [-0.39, 0.29) is 5.84 Å². The van der Waals surface area contributed by atoms with Crippen molar-refractivity contribution in [3.8, 4) is 17.2 Å². The number of ether oxygens (including phenoxy) is 2. The lowest BCUT2D eigenvalue weighted by Crippen LogP contribution is -2.10. The van der Waals surface area contributed by atoms with Crippen LogP contribution in [0.5, 0.6) is 17.2 Å². The Balaban J connectivity index is 2.10. The van der Waals surface area contributed by atoms with Crippen molar-refractivity contribution in [1.82, 2.24) is 0 Å². The van der Waals surface area contributed by atoms with E-state index < -0.39 is 0 Å². The van der Waals surface area contributed by atoms with E-state index in [2.05, 4.69) is 0 Å². The minimum atomic E-state index is 0.0472. The first kappa shape index (κ1) is 12.0. The van der Waals surface area contributed by atoms with Gasteiger partial charge in [0.05, 0.1) is 7.11 Å². The lowest BCUT2D eigenvalue weighted by atomic mass is 10.2. The first-order chi connectivity index (χ1) is 8.69. The normalized spacial score (nSPS) is 9.83. The number of benzene rings is 2. The maximum atomic E-state index is 7.29. The van der Waals surface area contributed by atoms with E-state index in [4.69, 9.17) is 20.6 Å². The van der Waals surface area contributed by atoms with Crippen LogP contribution in [0.3, 0.4) is 0 Å². The van der Waals surface area contributed by atoms with Crippen LogP contribution >= 0.6 is 0 Å². The van der Waals surface area contributed by atoms with Gasteiger partial charge in [-0.2, -0.15) is 0 Å². The SMILES string of the molecule is COc1ccc(Oc2ccc(C(=N)N)cc2)cc1. The molecule has 92 valence electrons. The molecule has 0 saturated carbocycles. The molecule has 0 atom stereocenters. The number of methoxy groups -OCH3 is 1. The number of nitrogen functional groups attached to an aromatic ring is 1. The molecule has 0 aliphatic heterocycles. The quantitative estimate of drug-likeness (QED) is 0.639. The fourth-order valence-corrected chi connectivity index (χ4v) is 1.48. The Hall–Kier alpha value is -2.49. The predicted octanol–water partition coefficient (Wildman–Crippen LogP) is 2.77. The van der Waals surface area contributed by atoms with E-state index in [1.54, 1.807) is 31.4 Å². The van der Waals surface area contributed by atoms with Gasteiger partial charge in [-0.3, -0.25) is 5.41 Å². The van der Waals surface area contributed by atoms with Crippen LogP contribution in [0.4, 0.5) is 0 Å². The van der Waals surface area contributed by atoms with E-state index in [0.29, 0.717) is 11.3 Å². The summed E-state index contributed by atoms with van der Waals surface area (Å²) in [6.07, 6.45) is 0. The summed E-state index contributed by atoms with van der Waals surface area (Å²) in [6, 6.07) is 14.4. The summed E-state index contributed by atoms with van der Waals surface area (Å²) in [7, 11) is 1.62. The minimum Gasteiger partial charge on any atom is -0.497 e. The maximum absolute atomic E-state index is 7.29. The molecule has 0 radical (unpaired) electrons. The van der Waals surface area contributed by atoms with Gasteiger partial charge >= 0.3 is 0 Å². The second kappa shape index (κ2) is 5.23. The van der Waals surface area contributed by atoms with E-state index >= 15 is 0 Å². The zero-order valence-corrected chi connectivity index (χ0v) is 10.0. The largest absolute Gasteiger partial charge is 0.497 e. The summed E-state index contributed by atoms with van der Waals surface area (Å²) in [5.74, 6) is 2.26. The molecule has 0 spiro atoms. The van der Waals surface area contributed by atoms with Gasteiger partial charge in [-0.1, -0.05) is 0 Å². The molecular weight excluding hydrogens is 228 g/mol. The molecule has 2 aromatic rings. The van der Waals surface area contributed by atoms with Crippen LogP contribution in [-0.4, -0.2) is 12.9 Å². The fourth-order valence-electron chi connectivity index (χ4n) is 1.48. The molecule has 0 amide bonds. The highest BCUT2D eigenvalue weighted by Gasteiger charge is 2.00. The Labute approximate surface area is 105 Å². The number of nitrogens with one attached hydrogen (secondary N) is 1. The zero-order chi connectivity index (χ0) is 13.0. The van der Waals surface area contributed by atoms with Crippen molar-refractivity contribution in [3.05, 3.63) is 54.1 Å². The Morgan fingerprint density at radius 1 is 0.889 bits per heavy atom. The van der Waals surface area contributed by atoms with Crippen LogP contribution in [0.1, 0.15) is 5.56 Å². The van der Waals surface area contributed by atoms with E-state index in [1.165, 1.54) is 0 Å². The van der Waals surface area contributed by atoms with Crippen molar-refractivity contribution in [3.63, 3.8) is 0 Å². The van der Waals surface area contributed by atoms with Gasteiger partial charge in [0.1, 0.15) is 23.1 Å². The van der Waals surface area contributed by atoms with Crippen molar-refractivity contribution < 1.29 is 9.47 Å². The van der Waals surface area contributed by atoms with Gasteiger partial charge in [0.25, 0.3) is 0 Å². The third-order valence-electron chi connectivity index (χ3n) is 2.46. The summed E-state index contributed by atoms with van der Waals surface area (Å²) in [5.41, 5.74) is 6.05. The summed E-state index contributed by atoms with van der Waals surface area (Å²) in [6.45, 7) is 0. The topological polar surface area (TPSA) is 68.3 Å². The van der Waals surface area contributed by atoms with Crippen LogP contribution in [0.2, 0.25) is 0 Å². The zero-order valence-electron chi connectivity index (χ0n) is 10.0. The number of nitrogens with two attached hydrogens (primary N) is 1. The number of rotatable bonds is 4. The molecule has 0 aliphatic rings. The van der Waals surface area contributed by atoms with Crippen molar-refractivity contribution in [2.45, 2.75) is 0 Å². The summed E-state index contributed by atoms with van der Waals surface area (Å²) >= 11 is 0. The number of amidine groups is 1.